The fourth-order valence-corrected chi connectivity index (χ4v) is 4.48. The Labute approximate surface area is 205 Å². The van der Waals surface area contributed by atoms with E-state index in [0.717, 1.165) is 16.4 Å². The number of hydrogen-bond donors (Lipinski definition) is 2. The molecule has 3 aromatic rings. The van der Waals surface area contributed by atoms with Crippen LogP contribution in [0.1, 0.15) is 28.8 Å². The van der Waals surface area contributed by atoms with Crippen LogP contribution in [-0.4, -0.2) is 38.7 Å². The molecule has 2 N–H and O–H groups in total. The number of sulfonamides is 1. The molecule has 1 heterocycles. The Morgan fingerprint density at radius 3 is 2.58 bits per heavy atom. The summed E-state index contributed by atoms with van der Waals surface area (Å²) in [5.74, 6) is -0.285. The van der Waals surface area contributed by atoms with Crippen LogP contribution in [0, 0.1) is 3.57 Å². The number of nitrogens with zero attached hydrogens (tertiary/aromatic N) is 2. The lowest BCUT2D eigenvalue weighted by molar-refractivity contribution is 0.0951. The molecule has 2 aromatic carbocycles. The summed E-state index contributed by atoms with van der Waals surface area (Å²) in [7, 11) is -2.77. The third-order valence-corrected chi connectivity index (χ3v) is 6.88. The van der Waals surface area contributed by atoms with Gasteiger partial charge in [-0.15, -0.1) is 0 Å². The number of carbonyl (C=O) groups is 1. The van der Waals surface area contributed by atoms with Gasteiger partial charge in [0.1, 0.15) is 4.90 Å². The van der Waals surface area contributed by atoms with E-state index in [2.05, 4.69) is 42.6 Å². The van der Waals surface area contributed by atoms with E-state index in [1.807, 2.05) is 24.3 Å². The highest BCUT2D eigenvalue weighted by Gasteiger charge is 2.29. The number of hydrogen-bond acceptors (Lipinski definition) is 6. The second-order valence-electron chi connectivity index (χ2n) is 7.40. The summed E-state index contributed by atoms with van der Waals surface area (Å²) < 4.78 is 36.5. The molecule has 0 aliphatic heterocycles. The van der Waals surface area contributed by atoms with Crippen molar-refractivity contribution in [2.75, 3.05) is 12.4 Å². The number of carbonyl (C=O) groups excluding carboxylic acids is 1. The molecule has 1 aromatic heterocycles. The van der Waals surface area contributed by atoms with Crippen LogP contribution in [0.4, 0.5) is 11.4 Å². The summed E-state index contributed by atoms with van der Waals surface area (Å²) in [6.07, 6.45) is 6.17. The van der Waals surface area contributed by atoms with Crippen LogP contribution in [-0.2, 0) is 10.0 Å². The molecule has 33 heavy (non-hydrogen) atoms. The molecule has 0 saturated heterocycles. The number of methoxy groups -OCH3 is 1. The summed E-state index contributed by atoms with van der Waals surface area (Å²) >= 11 is 2.19. The predicted molar refractivity (Wildman–Crippen MR) is 135 cm³/mol. The minimum absolute atomic E-state index is 0.0142. The quantitative estimate of drug-likeness (QED) is 0.308. The molecule has 0 unspecified atom stereocenters. The maximum absolute atomic E-state index is 13.1. The third kappa shape index (κ3) is 5.69. The first-order valence-corrected chi connectivity index (χ1v) is 12.6. The topological polar surface area (TPSA) is 110 Å². The Bertz CT molecular complexity index is 1290. The molecule has 0 radical (unpaired) electrons. The first kappa shape index (κ1) is 23.2. The van der Waals surface area contributed by atoms with Gasteiger partial charge >= 0.3 is 0 Å². The lowest BCUT2D eigenvalue weighted by Gasteiger charge is -2.18. The SMILES string of the molecule is COc1c(S(=O)(=O)N=Cc2cccnc2)ccc(C(=O)NC2CC2)c1Nc1ccc(I)cc1. The van der Waals surface area contributed by atoms with Crippen molar-refractivity contribution >= 4 is 56.1 Å². The van der Waals surface area contributed by atoms with E-state index >= 15 is 0 Å². The molecule has 1 amide bonds. The van der Waals surface area contributed by atoms with Crippen LogP contribution in [0.15, 0.2) is 70.2 Å². The predicted octanol–water partition coefficient (Wildman–Crippen LogP) is 4.14. The molecule has 1 aliphatic carbocycles. The maximum atomic E-state index is 13.1. The fraction of sp³-hybridized carbons (Fsp3) is 0.174. The summed E-state index contributed by atoms with van der Waals surface area (Å²) in [4.78, 5) is 16.7. The van der Waals surface area contributed by atoms with Gasteiger partial charge in [0.25, 0.3) is 15.9 Å². The molecule has 1 fully saturated rings. The molecule has 8 nitrogen and oxygen atoms in total. The van der Waals surface area contributed by atoms with Gasteiger partial charge in [-0.05, 0) is 77.9 Å². The van der Waals surface area contributed by atoms with Crippen molar-refractivity contribution in [3.63, 3.8) is 0 Å². The van der Waals surface area contributed by atoms with E-state index in [1.54, 1.807) is 18.3 Å². The maximum Gasteiger partial charge on any atom is 0.286 e. The number of ether oxygens (including phenoxy) is 1. The highest BCUT2D eigenvalue weighted by atomic mass is 127. The number of amides is 1. The molecule has 0 spiro atoms. The zero-order valence-electron chi connectivity index (χ0n) is 17.7. The highest BCUT2D eigenvalue weighted by molar-refractivity contribution is 14.1. The van der Waals surface area contributed by atoms with Crippen LogP contribution in [0.5, 0.6) is 5.75 Å². The molecule has 0 bridgehead atoms. The Hall–Kier alpha value is -2.99. The Balaban J connectivity index is 1.78. The van der Waals surface area contributed by atoms with E-state index in [-0.39, 0.29) is 33.8 Å². The minimum Gasteiger partial charge on any atom is -0.493 e. The molecular formula is C23H21IN4O4S. The fourth-order valence-electron chi connectivity index (χ4n) is 3.09. The average molecular weight is 576 g/mol. The molecule has 1 aliphatic rings. The Kier molecular flexibility index (Phi) is 6.94. The van der Waals surface area contributed by atoms with Gasteiger partial charge in [-0.25, -0.2) is 0 Å². The zero-order valence-corrected chi connectivity index (χ0v) is 20.6. The number of rotatable bonds is 8. The summed E-state index contributed by atoms with van der Waals surface area (Å²) in [5, 5.41) is 6.10. The largest absolute Gasteiger partial charge is 0.493 e. The minimum atomic E-state index is -4.13. The van der Waals surface area contributed by atoms with Crippen LogP contribution < -0.4 is 15.4 Å². The first-order chi connectivity index (χ1) is 15.9. The average Bonchev–Trinajstić information content (AvgIpc) is 3.63. The van der Waals surface area contributed by atoms with Crippen molar-refractivity contribution in [1.82, 2.24) is 10.3 Å². The molecule has 1 saturated carbocycles. The van der Waals surface area contributed by atoms with E-state index in [4.69, 9.17) is 4.74 Å². The number of aromatic nitrogens is 1. The number of halogens is 1. The summed E-state index contributed by atoms with van der Waals surface area (Å²) in [6.45, 7) is 0. The van der Waals surface area contributed by atoms with Crippen molar-refractivity contribution in [3.8, 4) is 5.75 Å². The monoisotopic (exact) mass is 576 g/mol. The van der Waals surface area contributed by atoms with E-state index in [9.17, 15) is 13.2 Å². The van der Waals surface area contributed by atoms with E-state index in [1.165, 1.54) is 31.7 Å². The van der Waals surface area contributed by atoms with Gasteiger partial charge in [0.05, 0.1) is 18.4 Å². The number of pyridine rings is 1. The molecule has 10 heteroatoms. The van der Waals surface area contributed by atoms with Crippen molar-refractivity contribution < 1.29 is 17.9 Å². The van der Waals surface area contributed by atoms with Gasteiger partial charge in [-0.2, -0.15) is 12.8 Å². The highest BCUT2D eigenvalue weighted by Crippen LogP contribution is 2.38. The lowest BCUT2D eigenvalue weighted by atomic mass is 10.1. The van der Waals surface area contributed by atoms with Crippen molar-refractivity contribution in [3.05, 3.63) is 75.6 Å². The van der Waals surface area contributed by atoms with Crippen LogP contribution >= 0.6 is 22.6 Å². The molecule has 170 valence electrons. The van der Waals surface area contributed by atoms with E-state index < -0.39 is 10.0 Å². The lowest BCUT2D eigenvalue weighted by Crippen LogP contribution is -2.26. The van der Waals surface area contributed by atoms with Gasteiger partial charge in [0.15, 0.2) is 5.75 Å². The summed E-state index contributed by atoms with van der Waals surface area (Å²) in [6, 6.07) is 13.8. The van der Waals surface area contributed by atoms with Crippen molar-refractivity contribution in [1.29, 1.82) is 0 Å². The molecular weight excluding hydrogens is 555 g/mol. The second kappa shape index (κ2) is 9.87. The Morgan fingerprint density at radius 1 is 1.18 bits per heavy atom. The van der Waals surface area contributed by atoms with Crippen molar-refractivity contribution in [2.45, 2.75) is 23.8 Å². The standard InChI is InChI=1S/C23H21IN4O4S/c1-32-22-20(33(30,31)26-14-15-3-2-12-25-13-15)11-10-19(23(29)28-18-8-9-18)21(22)27-17-6-4-16(24)5-7-17/h2-7,10-14,18,27H,8-9H2,1H3,(H,28,29). The number of anilines is 2. The van der Waals surface area contributed by atoms with E-state index in [0.29, 0.717) is 11.3 Å². The van der Waals surface area contributed by atoms with Gasteiger partial charge in [-0.1, -0.05) is 6.07 Å². The molecule has 0 atom stereocenters. The van der Waals surface area contributed by atoms with Gasteiger partial charge in [0, 0.05) is 39.5 Å². The summed E-state index contributed by atoms with van der Waals surface area (Å²) in [5.41, 5.74) is 1.77. The Morgan fingerprint density at radius 2 is 1.94 bits per heavy atom. The zero-order chi connectivity index (χ0) is 23.4. The number of nitrogens with one attached hydrogen (secondary N) is 2. The van der Waals surface area contributed by atoms with Crippen LogP contribution in [0.3, 0.4) is 0 Å². The van der Waals surface area contributed by atoms with Gasteiger partial charge in [0.2, 0.25) is 0 Å². The van der Waals surface area contributed by atoms with Gasteiger partial charge < -0.3 is 15.4 Å². The number of benzene rings is 2. The first-order valence-electron chi connectivity index (χ1n) is 10.1. The molecule has 4 rings (SSSR count). The van der Waals surface area contributed by atoms with Crippen LogP contribution in [0.2, 0.25) is 0 Å². The normalized spacial score (nSPS) is 13.6. The van der Waals surface area contributed by atoms with Crippen molar-refractivity contribution in [2.24, 2.45) is 4.40 Å². The third-order valence-electron chi connectivity index (χ3n) is 4.90. The smallest absolute Gasteiger partial charge is 0.286 e. The second-order valence-corrected chi connectivity index (χ2v) is 10.2. The van der Waals surface area contributed by atoms with Crippen LogP contribution in [0.25, 0.3) is 0 Å². The van der Waals surface area contributed by atoms with Gasteiger partial charge in [-0.3, -0.25) is 9.78 Å².